The summed E-state index contributed by atoms with van der Waals surface area (Å²) in [6.45, 7) is 11.3. The van der Waals surface area contributed by atoms with Crippen LogP contribution in [-0.2, 0) is 14.8 Å². The molecule has 1 aliphatic rings. The van der Waals surface area contributed by atoms with Gasteiger partial charge in [-0.25, -0.2) is 13.1 Å². The number of rotatable bonds is 6. The van der Waals surface area contributed by atoms with E-state index in [1.807, 2.05) is 27.7 Å². The Morgan fingerprint density at radius 1 is 1.21 bits per heavy atom. The van der Waals surface area contributed by atoms with E-state index in [1.54, 1.807) is 12.1 Å². The minimum absolute atomic E-state index is 0.183. The van der Waals surface area contributed by atoms with Gasteiger partial charge in [0.25, 0.3) is 0 Å². The number of ether oxygens (including phenoxy) is 2. The van der Waals surface area contributed by atoms with Crippen molar-refractivity contribution in [2.24, 2.45) is 0 Å². The zero-order valence-electron chi connectivity index (χ0n) is 15.2. The van der Waals surface area contributed by atoms with Gasteiger partial charge in [0.1, 0.15) is 10.6 Å². The van der Waals surface area contributed by atoms with Crippen LogP contribution in [0.3, 0.4) is 0 Å². The summed E-state index contributed by atoms with van der Waals surface area (Å²) in [6.07, 6.45) is 0. The Bertz CT molecular complexity index is 680. The summed E-state index contributed by atoms with van der Waals surface area (Å²) < 4.78 is 39.3. The molecule has 0 amide bonds. The molecule has 0 aromatic heterocycles. The van der Waals surface area contributed by atoms with Gasteiger partial charge >= 0.3 is 0 Å². The highest BCUT2D eigenvalue weighted by atomic mass is 32.2. The molecule has 0 saturated carbocycles. The summed E-state index contributed by atoms with van der Waals surface area (Å²) in [5, 5.41) is 0. The first-order valence-corrected chi connectivity index (χ1v) is 9.62. The summed E-state index contributed by atoms with van der Waals surface area (Å²) in [5.41, 5.74) is 1.32. The number of hydrogen-bond donors (Lipinski definition) is 1. The molecular weight excluding hydrogens is 328 g/mol. The van der Waals surface area contributed by atoms with Gasteiger partial charge in [-0.1, -0.05) is 0 Å². The topological polar surface area (TPSA) is 67.9 Å². The molecule has 0 radical (unpaired) electrons. The molecule has 1 fully saturated rings. The Morgan fingerprint density at radius 2 is 1.79 bits per heavy atom. The summed E-state index contributed by atoms with van der Waals surface area (Å²) in [7, 11) is -2.20. The van der Waals surface area contributed by atoms with Crippen LogP contribution in [-0.4, -0.2) is 58.8 Å². The first-order chi connectivity index (χ1) is 11.1. The van der Waals surface area contributed by atoms with Gasteiger partial charge in [-0.15, -0.1) is 0 Å². The first-order valence-electron chi connectivity index (χ1n) is 8.14. The van der Waals surface area contributed by atoms with Crippen molar-refractivity contribution in [2.45, 2.75) is 38.1 Å². The van der Waals surface area contributed by atoms with E-state index in [9.17, 15) is 8.42 Å². The first kappa shape index (κ1) is 19.2. The second kappa shape index (κ2) is 7.39. The predicted octanol–water partition coefficient (Wildman–Crippen LogP) is 1.70. The lowest BCUT2D eigenvalue weighted by Crippen LogP contribution is -2.53. The summed E-state index contributed by atoms with van der Waals surface area (Å²) in [4.78, 5) is 2.40. The third kappa shape index (κ3) is 4.69. The van der Waals surface area contributed by atoms with Gasteiger partial charge in [-0.05, 0) is 51.0 Å². The Labute approximate surface area is 145 Å². The lowest BCUT2D eigenvalue weighted by molar-refractivity contribution is 0.0290. The van der Waals surface area contributed by atoms with Crippen LogP contribution in [0.25, 0.3) is 0 Å². The highest BCUT2D eigenvalue weighted by Gasteiger charge is 2.31. The predicted molar refractivity (Wildman–Crippen MR) is 94.1 cm³/mol. The van der Waals surface area contributed by atoms with E-state index in [4.69, 9.17) is 9.47 Å². The van der Waals surface area contributed by atoms with E-state index in [-0.39, 0.29) is 4.90 Å². The molecule has 1 aromatic rings. The number of benzene rings is 1. The minimum atomic E-state index is -3.68. The van der Waals surface area contributed by atoms with Crippen molar-refractivity contribution < 1.29 is 17.9 Å². The molecular formula is C17H28N2O4S. The molecule has 0 aliphatic carbocycles. The van der Waals surface area contributed by atoms with Crippen molar-refractivity contribution in [3.63, 3.8) is 0 Å². The number of sulfonamides is 1. The average molecular weight is 356 g/mol. The van der Waals surface area contributed by atoms with E-state index in [2.05, 4.69) is 9.62 Å². The van der Waals surface area contributed by atoms with Crippen LogP contribution in [0.15, 0.2) is 17.0 Å². The van der Waals surface area contributed by atoms with Crippen molar-refractivity contribution in [3.8, 4) is 5.75 Å². The lowest BCUT2D eigenvalue weighted by Gasteiger charge is -2.35. The molecule has 1 heterocycles. The van der Waals surface area contributed by atoms with Gasteiger partial charge in [0.05, 0.1) is 20.3 Å². The fourth-order valence-corrected chi connectivity index (χ4v) is 4.54. The molecule has 1 aliphatic heterocycles. The van der Waals surface area contributed by atoms with Gasteiger partial charge in [0.2, 0.25) is 10.0 Å². The van der Waals surface area contributed by atoms with Crippen LogP contribution in [0.4, 0.5) is 0 Å². The van der Waals surface area contributed by atoms with E-state index < -0.39 is 15.6 Å². The Morgan fingerprint density at radius 3 is 2.38 bits per heavy atom. The van der Waals surface area contributed by atoms with Crippen molar-refractivity contribution >= 4 is 10.0 Å². The van der Waals surface area contributed by atoms with Gasteiger partial charge in [0, 0.05) is 25.2 Å². The lowest BCUT2D eigenvalue weighted by atomic mass is 10.1. The average Bonchev–Trinajstić information content (AvgIpc) is 2.48. The molecule has 0 unspecified atom stereocenters. The largest absolute Gasteiger partial charge is 0.495 e. The fourth-order valence-electron chi connectivity index (χ4n) is 2.90. The standard InChI is InChI=1S/C17H28N2O4S/c1-13-10-15(22-5)16(11-14(13)2)24(20,21)18-17(3,4)12-19-6-8-23-9-7-19/h10-11,18H,6-9,12H2,1-5H3. The van der Waals surface area contributed by atoms with Crippen LogP contribution >= 0.6 is 0 Å². The Balaban J connectivity index is 2.22. The van der Waals surface area contributed by atoms with Gasteiger partial charge in [-0.2, -0.15) is 0 Å². The zero-order valence-corrected chi connectivity index (χ0v) is 16.0. The molecule has 1 aromatic carbocycles. The third-order valence-corrected chi connectivity index (χ3v) is 5.92. The number of nitrogens with one attached hydrogen (secondary N) is 1. The van der Waals surface area contributed by atoms with Crippen LogP contribution in [0.5, 0.6) is 5.75 Å². The van der Waals surface area contributed by atoms with E-state index in [1.165, 1.54) is 7.11 Å². The number of hydrogen-bond acceptors (Lipinski definition) is 5. The number of morpholine rings is 1. The second-order valence-electron chi connectivity index (χ2n) is 6.97. The fraction of sp³-hybridized carbons (Fsp3) is 0.647. The second-order valence-corrected chi connectivity index (χ2v) is 8.62. The molecule has 0 bridgehead atoms. The maximum atomic E-state index is 12.9. The molecule has 136 valence electrons. The van der Waals surface area contributed by atoms with Gasteiger partial charge < -0.3 is 9.47 Å². The molecule has 0 atom stereocenters. The number of methoxy groups -OCH3 is 1. The van der Waals surface area contributed by atoms with Crippen LogP contribution < -0.4 is 9.46 Å². The number of aryl methyl sites for hydroxylation is 2. The van der Waals surface area contributed by atoms with Crippen molar-refractivity contribution in [2.75, 3.05) is 40.0 Å². The summed E-state index contributed by atoms with van der Waals surface area (Å²) >= 11 is 0. The minimum Gasteiger partial charge on any atom is -0.495 e. The Hall–Kier alpha value is -1.15. The highest BCUT2D eigenvalue weighted by Crippen LogP contribution is 2.28. The normalized spacial score (nSPS) is 17.0. The third-order valence-electron chi connectivity index (χ3n) is 4.20. The van der Waals surface area contributed by atoms with Crippen molar-refractivity contribution in [1.29, 1.82) is 0 Å². The van der Waals surface area contributed by atoms with Crippen LogP contribution in [0.2, 0.25) is 0 Å². The van der Waals surface area contributed by atoms with Crippen molar-refractivity contribution in [3.05, 3.63) is 23.3 Å². The smallest absolute Gasteiger partial charge is 0.244 e. The van der Waals surface area contributed by atoms with E-state index >= 15 is 0 Å². The number of nitrogens with zero attached hydrogens (tertiary/aromatic N) is 1. The zero-order chi connectivity index (χ0) is 18.0. The molecule has 7 heteroatoms. The monoisotopic (exact) mass is 356 g/mol. The van der Waals surface area contributed by atoms with Gasteiger partial charge in [0.15, 0.2) is 0 Å². The molecule has 6 nitrogen and oxygen atoms in total. The highest BCUT2D eigenvalue weighted by molar-refractivity contribution is 7.89. The quantitative estimate of drug-likeness (QED) is 0.840. The summed E-state index contributed by atoms with van der Waals surface area (Å²) in [5.74, 6) is 0.368. The molecule has 1 saturated heterocycles. The summed E-state index contributed by atoms with van der Waals surface area (Å²) in [6, 6.07) is 3.43. The maximum Gasteiger partial charge on any atom is 0.244 e. The van der Waals surface area contributed by atoms with Gasteiger partial charge in [-0.3, -0.25) is 4.90 Å². The maximum absolute atomic E-state index is 12.9. The van der Waals surface area contributed by atoms with Crippen LogP contribution in [0, 0.1) is 13.8 Å². The molecule has 2 rings (SSSR count). The SMILES string of the molecule is COc1cc(C)c(C)cc1S(=O)(=O)NC(C)(C)CN1CCOCC1. The molecule has 24 heavy (non-hydrogen) atoms. The molecule has 0 spiro atoms. The molecule has 1 N–H and O–H groups in total. The Kier molecular flexibility index (Phi) is 5.91. The van der Waals surface area contributed by atoms with Crippen LogP contribution in [0.1, 0.15) is 25.0 Å². The van der Waals surface area contributed by atoms with E-state index in [0.717, 1.165) is 24.2 Å². The van der Waals surface area contributed by atoms with Crippen molar-refractivity contribution in [1.82, 2.24) is 9.62 Å². The van der Waals surface area contributed by atoms with E-state index in [0.29, 0.717) is 25.5 Å².